The lowest BCUT2D eigenvalue weighted by molar-refractivity contribution is -0.385. The van der Waals surface area contributed by atoms with Crippen molar-refractivity contribution in [1.82, 2.24) is 4.98 Å². The predicted molar refractivity (Wildman–Crippen MR) is 72.0 cm³/mol. The van der Waals surface area contributed by atoms with E-state index in [1.54, 1.807) is 24.3 Å². The molecule has 0 radical (unpaired) electrons. The fourth-order valence-electron chi connectivity index (χ4n) is 1.60. The first kappa shape index (κ1) is 12.5. The number of hydrogen-bond donors (Lipinski definition) is 1. The van der Waals surface area contributed by atoms with Gasteiger partial charge in [0.15, 0.2) is 0 Å². The molecule has 18 heavy (non-hydrogen) atoms. The molecule has 2 aromatic heterocycles. The van der Waals surface area contributed by atoms with E-state index < -0.39 is 4.92 Å². The zero-order valence-corrected chi connectivity index (χ0v) is 11.0. The fourth-order valence-corrected chi connectivity index (χ4v) is 2.43. The first-order chi connectivity index (χ1) is 8.56. The summed E-state index contributed by atoms with van der Waals surface area (Å²) in [5.41, 5.74) is 0.472. The van der Waals surface area contributed by atoms with E-state index in [1.807, 2.05) is 0 Å². The van der Waals surface area contributed by atoms with Gasteiger partial charge in [0.25, 0.3) is 5.69 Å². The van der Waals surface area contributed by atoms with Gasteiger partial charge in [-0.25, -0.2) is 4.98 Å². The Morgan fingerprint density at radius 2 is 2.11 bits per heavy atom. The zero-order chi connectivity index (χ0) is 13.1. The molecular weight excluding hydrogens is 250 g/mol. The number of aryl methyl sites for hydroxylation is 2. The van der Waals surface area contributed by atoms with Gasteiger partial charge in [-0.05, 0) is 32.0 Å². The van der Waals surface area contributed by atoms with Crippen LogP contribution in [0.25, 0.3) is 0 Å². The van der Waals surface area contributed by atoms with E-state index in [-0.39, 0.29) is 5.69 Å². The van der Waals surface area contributed by atoms with Crippen molar-refractivity contribution >= 4 is 22.8 Å². The quantitative estimate of drug-likeness (QED) is 0.679. The smallest absolute Gasteiger partial charge is 0.290 e. The number of anilines is 1. The van der Waals surface area contributed by atoms with Crippen molar-refractivity contribution in [3.05, 3.63) is 49.8 Å². The second-order valence-corrected chi connectivity index (χ2v) is 5.30. The predicted octanol–water partition coefficient (Wildman–Crippen LogP) is 3.28. The van der Waals surface area contributed by atoms with Crippen molar-refractivity contribution in [1.29, 1.82) is 0 Å². The largest absolute Gasteiger partial charge is 0.365 e. The summed E-state index contributed by atoms with van der Waals surface area (Å²) in [5.74, 6) is 0.657. The molecule has 94 valence electrons. The maximum Gasteiger partial charge on any atom is 0.290 e. The highest BCUT2D eigenvalue weighted by molar-refractivity contribution is 7.11. The molecule has 0 aliphatic rings. The number of pyridine rings is 1. The number of rotatable bonds is 4. The molecule has 5 nitrogen and oxygen atoms in total. The van der Waals surface area contributed by atoms with Gasteiger partial charge in [-0.15, -0.1) is 11.3 Å². The standard InChI is InChI=1S/C12H13N3O2S/c1-8-3-4-10(18-8)7-13-12-6-5-11(15(16)17)9(2)14-12/h3-6H,7H2,1-2H3,(H,13,14). The van der Waals surface area contributed by atoms with E-state index in [2.05, 4.69) is 29.4 Å². The number of nitrogens with one attached hydrogen (secondary N) is 1. The minimum atomic E-state index is -0.422. The molecule has 0 aromatic carbocycles. The van der Waals surface area contributed by atoms with Crippen LogP contribution >= 0.6 is 11.3 Å². The maximum absolute atomic E-state index is 10.7. The van der Waals surface area contributed by atoms with E-state index in [0.717, 1.165) is 0 Å². The normalized spacial score (nSPS) is 10.3. The molecular formula is C12H13N3O2S. The molecule has 0 aliphatic heterocycles. The summed E-state index contributed by atoms with van der Waals surface area (Å²) in [7, 11) is 0. The molecule has 0 bridgehead atoms. The van der Waals surface area contributed by atoms with Gasteiger partial charge in [-0.1, -0.05) is 0 Å². The third-order valence-electron chi connectivity index (χ3n) is 2.49. The first-order valence-corrected chi connectivity index (χ1v) is 6.29. The third-order valence-corrected chi connectivity index (χ3v) is 3.50. The van der Waals surface area contributed by atoms with E-state index in [1.165, 1.54) is 15.8 Å². The molecule has 0 saturated heterocycles. The van der Waals surface area contributed by atoms with Gasteiger partial charge < -0.3 is 5.32 Å². The lowest BCUT2D eigenvalue weighted by atomic mass is 10.3. The minimum absolute atomic E-state index is 0.0486. The topological polar surface area (TPSA) is 68.1 Å². The van der Waals surface area contributed by atoms with Crippen LogP contribution in [0.5, 0.6) is 0 Å². The SMILES string of the molecule is Cc1ccc(CNc2ccc([N+](=O)[O-])c(C)n2)s1. The third kappa shape index (κ3) is 2.84. The van der Waals surface area contributed by atoms with Crippen LogP contribution in [0.1, 0.15) is 15.4 Å². The van der Waals surface area contributed by atoms with Gasteiger partial charge in [-0.2, -0.15) is 0 Å². The summed E-state index contributed by atoms with van der Waals surface area (Å²) in [6.45, 7) is 4.38. The number of hydrogen-bond acceptors (Lipinski definition) is 5. The Kier molecular flexibility index (Phi) is 3.57. The molecule has 1 N–H and O–H groups in total. The van der Waals surface area contributed by atoms with Crippen molar-refractivity contribution < 1.29 is 4.92 Å². The van der Waals surface area contributed by atoms with Gasteiger partial charge in [0.2, 0.25) is 0 Å². The number of thiophene rings is 1. The molecule has 0 atom stereocenters. The van der Waals surface area contributed by atoms with Gasteiger partial charge in [-0.3, -0.25) is 10.1 Å². The Balaban J connectivity index is 2.06. The highest BCUT2D eigenvalue weighted by Crippen LogP contribution is 2.20. The van der Waals surface area contributed by atoms with Crippen molar-refractivity contribution in [2.45, 2.75) is 20.4 Å². The molecule has 0 saturated carbocycles. The summed E-state index contributed by atoms with van der Waals surface area (Å²) in [6, 6.07) is 7.23. The van der Waals surface area contributed by atoms with Gasteiger partial charge in [0.05, 0.1) is 11.5 Å². The lowest BCUT2D eigenvalue weighted by Gasteiger charge is -2.04. The first-order valence-electron chi connectivity index (χ1n) is 5.47. The Bertz CT molecular complexity index is 580. The second-order valence-electron chi connectivity index (χ2n) is 3.92. The minimum Gasteiger partial charge on any atom is -0.365 e. The van der Waals surface area contributed by atoms with Gasteiger partial charge >= 0.3 is 0 Å². The van der Waals surface area contributed by atoms with Crippen LogP contribution in [0.15, 0.2) is 24.3 Å². The highest BCUT2D eigenvalue weighted by Gasteiger charge is 2.11. The Morgan fingerprint density at radius 3 is 2.67 bits per heavy atom. The number of nitrogens with zero attached hydrogens (tertiary/aromatic N) is 2. The molecule has 0 amide bonds. The molecule has 6 heteroatoms. The Hall–Kier alpha value is -1.95. The van der Waals surface area contributed by atoms with Gasteiger partial charge in [0.1, 0.15) is 11.5 Å². The molecule has 2 rings (SSSR count). The number of nitro groups is 1. The monoisotopic (exact) mass is 263 g/mol. The highest BCUT2D eigenvalue weighted by atomic mass is 32.1. The summed E-state index contributed by atoms with van der Waals surface area (Å²) in [5, 5.41) is 13.8. The zero-order valence-electron chi connectivity index (χ0n) is 10.1. The van der Waals surface area contributed by atoms with Crippen LogP contribution in [0, 0.1) is 24.0 Å². The summed E-state index contributed by atoms with van der Waals surface area (Å²) in [4.78, 5) is 16.9. The number of aromatic nitrogens is 1. The molecule has 0 fully saturated rings. The average molecular weight is 263 g/mol. The van der Waals surface area contributed by atoms with Crippen LogP contribution in [0.4, 0.5) is 11.5 Å². The van der Waals surface area contributed by atoms with Crippen LogP contribution in [-0.2, 0) is 6.54 Å². The Morgan fingerprint density at radius 1 is 1.33 bits per heavy atom. The molecule has 0 spiro atoms. The molecule has 2 heterocycles. The van der Waals surface area contributed by atoms with E-state index >= 15 is 0 Å². The average Bonchev–Trinajstić information content (AvgIpc) is 2.72. The second kappa shape index (κ2) is 5.14. The van der Waals surface area contributed by atoms with Crippen LogP contribution in [0.3, 0.4) is 0 Å². The molecule has 2 aromatic rings. The van der Waals surface area contributed by atoms with Gasteiger partial charge in [0, 0.05) is 15.8 Å². The van der Waals surface area contributed by atoms with E-state index in [9.17, 15) is 10.1 Å². The van der Waals surface area contributed by atoms with Crippen molar-refractivity contribution in [3.63, 3.8) is 0 Å². The van der Waals surface area contributed by atoms with Crippen LogP contribution in [-0.4, -0.2) is 9.91 Å². The van der Waals surface area contributed by atoms with Crippen molar-refractivity contribution in [2.24, 2.45) is 0 Å². The van der Waals surface area contributed by atoms with Crippen LogP contribution in [0.2, 0.25) is 0 Å². The van der Waals surface area contributed by atoms with Crippen molar-refractivity contribution in [3.8, 4) is 0 Å². The molecule has 0 unspecified atom stereocenters. The maximum atomic E-state index is 10.7. The van der Waals surface area contributed by atoms with Crippen LogP contribution < -0.4 is 5.32 Å². The lowest BCUT2D eigenvalue weighted by Crippen LogP contribution is -2.02. The van der Waals surface area contributed by atoms with E-state index in [0.29, 0.717) is 18.1 Å². The Labute approximate surface area is 109 Å². The van der Waals surface area contributed by atoms with E-state index in [4.69, 9.17) is 0 Å². The fraction of sp³-hybridized carbons (Fsp3) is 0.250. The molecule has 0 aliphatic carbocycles. The van der Waals surface area contributed by atoms with Crippen molar-refractivity contribution in [2.75, 3.05) is 5.32 Å². The summed E-state index contributed by atoms with van der Waals surface area (Å²) < 4.78 is 0. The summed E-state index contributed by atoms with van der Waals surface area (Å²) in [6.07, 6.45) is 0. The summed E-state index contributed by atoms with van der Waals surface area (Å²) >= 11 is 1.72.